The highest BCUT2D eigenvalue weighted by Gasteiger charge is 2.05. The number of anilines is 1. The van der Waals surface area contributed by atoms with E-state index in [0.29, 0.717) is 12.2 Å². The number of hydrogen-bond acceptors (Lipinski definition) is 4. The molecule has 2 N–H and O–H groups in total. The number of carbonyl (C=O) groups excluding carboxylic acids is 2. The third kappa shape index (κ3) is 5.01. The number of ether oxygens (including phenoxy) is 1. The predicted molar refractivity (Wildman–Crippen MR) is 73.1 cm³/mol. The summed E-state index contributed by atoms with van der Waals surface area (Å²) in [5.41, 5.74) is 0.869. The van der Waals surface area contributed by atoms with Crippen LogP contribution in [-0.4, -0.2) is 29.5 Å². The van der Waals surface area contributed by atoms with Gasteiger partial charge in [0.2, 0.25) is 5.91 Å². The molecular formula is C13H14ClNO4. The Morgan fingerprint density at radius 2 is 2.21 bits per heavy atom. The zero-order valence-electron chi connectivity index (χ0n) is 10.4. The highest BCUT2D eigenvalue weighted by molar-refractivity contribution is 6.29. The number of phenolic OH excluding ortho intramolecular Hbond substituents is 1. The maximum atomic E-state index is 11.1. The highest BCUT2D eigenvalue weighted by Crippen LogP contribution is 2.24. The summed E-state index contributed by atoms with van der Waals surface area (Å²) in [6.07, 6.45) is 2.76. The lowest BCUT2D eigenvalue weighted by molar-refractivity contribution is -0.137. The molecule has 0 spiro atoms. The molecule has 6 heteroatoms. The average Bonchev–Trinajstić information content (AvgIpc) is 2.39. The van der Waals surface area contributed by atoms with Gasteiger partial charge >= 0.3 is 5.97 Å². The summed E-state index contributed by atoms with van der Waals surface area (Å²) in [5.74, 6) is -1.16. The Balaban J connectivity index is 2.76. The van der Waals surface area contributed by atoms with Crippen LogP contribution in [0.5, 0.6) is 5.75 Å². The van der Waals surface area contributed by atoms with E-state index in [-0.39, 0.29) is 17.3 Å². The van der Waals surface area contributed by atoms with Crippen LogP contribution >= 0.6 is 11.6 Å². The predicted octanol–water partition coefficient (Wildman–Crippen LogP) is 2.15. The first-order valence-corrected chi connectivity index (χ1v) is 6.14. The minimum absolute atomic E-state index is 0.107. The van der Waals surface area contributed by atoms with E-state index >= 15 is 0 Å². The highest BCUT2D eigenvalue weighted by atomic mass is 35.5. The Labute approximate surface area is 115 Å². The van der Waals surface area contributed by atoms with Crippen LogP contribution in [0.1, 0.15) is 12.5 Å². The summed E-state index contributed by atoms with van der Waals surface area (Å²) >= 11 is 5.34. The Kier molecular flexibility index (Phi) is 5.89. The molecule has 1 rings (SSSR count). The number of nitrogens with one attached hydrogen (secondary N) is 1. The molecule has 0 radical (unpaired) electrons. The van der Waals surface area contributed by atoms with Crippen molar-refractivity contribution < 1.29 is 19.4 Å². The molecule has 0 bridgehead atoms. The van der Waals surface area contributed by atoms with E-state index in [0.717, 1.165) is 0 Å². The summed E-state index contributed by atoms with van der Waals surface area (Å²) < 4.78 is 4.72. The quantitative estimate of drug-likeness (QED) is 0.376. The van der Waals surface area contributed by atoms with Crippen molar-refractivity contribution in [2.45, 2.75) is 6.92 Å². The van der Waals surface area contributed by atoms with E-state index in [4.69, 9.17) is 16.3 Å². The van der Waals surface area contributed by atoms with Crippen molar-refractivity contribution in [2.75, 3.05) is 17.8 Å². The number of benzene rings is 1. The second-order valence-electron chi connectivity index (χ2n) is 3.54. The molecular weight excluding hydrogens is 270 g/mol. The molecule has 19 heavy (non-hydrogen) atoms. The molecule has 102 valence electrons. The van der Waals surface area contributed by atoms with Crippen LogP contribution in [0.25, 0.3) is 6.08 Å². The van der Waals surface area contributed by atoms with Gasteiger partial charge in [0.25, 0.3) is 0 Å². The van der Waals surface area contributed by atoms with Crippen LogP contribution in [0, 0.1) is 0 Å². The number of esters is 1. The fourth-order valence-corrected chi connectivity index (χ4v) is 1.36. The maximum absolute atomic E-state index is 11.1. The molecule has 0 atom stereocenters. The molecule has 1 amide bonds. The Morgan fingerprint density at radius 1 is 1.47 bits per heavy atom. The maximum Gasteiger partial charge on any atom is 0.330 e. The number of rotatable bonds is 5. The summed E-state index contributed by atoms with van der Waals surface area (Å²) in [6, 6.07) is 4.57. The second kappa shape index (κ2) is 7.43. The van der Waals surface area contributed by atoms with Gasteiger partial charge in [0, 0.05) is 6.08 Å². The lowest BCUT2D eigenvalue weighted by atomic mass is 10.1. The molecule has 0 aliphatic heterocycles. The molecule has 1 aromatic carbocycles. The monoisotopic (exact) mass is 283 g/mol. The first-order valence-electron chi connectivity index (χ1n) is 5.60. The van der Waals surface area contributed by atoms with Gasteiger partial charge in [-0.25, -0.2) is 4.79 Å². The number of hydrogen-bond donors (Lipinski definition) is 2. The molecule has 0 aromatic heterocycles. The first kappa shape index (κ1) is 15.0. The van der Waals surface area contributed by atoms with Crippen molar-refractivity contribution in [1.29, 1.82) is 0 Å². The van der Waals surface area contributed by atoms with Crippen molar-refractivity contribution in [1.82, 2.24) is 0 Å². The van der Waals surface area contributed by atoms with Crippen molar-refractivity contribution in [3.05, 3.63) is 29.8 Å². The van der Waals surface area contributed by atoms with Crippen molar-refractivity contribution in [2.24, 2.45) is 0 Å². The fraction of sp³-hybridized carbons (Fsp3) is 0.231. The molecule has 0 saturated heterocycles. The second-order valence-corrected chi connectivity index (χ2v) is 3.81. The number of aromatic hydroxyl groups is 1. The van der Waals surface area contributed by atoms with E-state index in [2.05, 4.69) is 5.32 Å². The van der Waals surface area contributed by atoms with E-state index < -0.39 is 11.9 Å². The minimum Gasteiger partial charge on any atom is -0.506 e. The lowest BCUT2D eigenvalue weighted by Gasteiger charge is -2.06. The Bertz CT molecular complexity index is 499. The van der Waals surface area contributed by atoms with E-state index in [1.54, 1.807) is 13.0 Å². The van der Waals surface area contributed by atoms with Gasteiger partial charge in [0.15, 0.2) is 0 Å². The SMILES string of the molecule is CCOC(=O)/C=C/c1ccc(NC(=O)CCl)c(O)c1. The Morgan fingerprint density at radius 3 is 2.79 bits per heavy atom. The molecule has 0 unspecified atom stereocenters. The normalized spacial score (nSPS) is 10.4. The van der Waals surface area contributed by atoms with Crippen molar-refractivity contribution in [3.63, 3.8) is 0 Å². The van der Waals surface area contributed by atoms with Crippen LogP contribution in [0.4, 0.5) is 5.69 Å². The van der Waals surface area contributed by atoms with Gasteiger partial charge in [-0.15, -0.1) is 11.6 Å². The molecule has 0 aliphatic carbocycles. The van der Waals surface area contributed by atoms with E-state index in [9.17, 15) is 14.7 Å². The van der Waals surface area contributed by atoms with Crippen molar-refractivity contribution >= 4 is 35.2 Å². The van der Waals surface area contributed by atoms with Crippen LogP contribution in [0.15, 0.2) is 24.3 Å². The molecule has 0 fully saturated rings. The number of phenols is 1. The number of amides is 1. The standard InChI is InChI=1S/C13H14ClNO4/c1-2-19-13(18)6-4-9-3-5-10(11(16)7-9)15-12(17)8-14/h3-7,16H,2,8H2,1H3,(H,15,17)/b6-4+. The van der Waals surface area contributed by atoms with Gasteiger partial charge in [0.1, 0.15) is 11.6 Å². The smallest absolute Gasteiger partial charge is 0.330 e. The van der Waals surface area contributed by atoms with E-state index in [1.165, 1.54) is 24.3 Å². The topological polar surface area (TPSA) is 75.6 Å². The molecule has 0 saturated carbocycles. The Hall–Kier alpha value is -2.01. The molecule has 1 aromatic rings. The summed E-state index contributed by atoms with van der Waals surface area (Å²) in [4.78, 5) is 22.2. The van der Waals surface area contributed by atoms with Gasteiger partial charge in [0.05, 0.1) is 12.3 Å². The van der Waals surface area contributed by atoms with Gasteiger partial charge < -0.3 is 15.2 Å². The van der Waals surface area contributed by atoms with Crippen LogP contribution in [-0.2, 0) is 14.3 Å². The number of halogens is 1. The fourth-order valence-electron chi connectivity index (χ4n) is 1.30. The minimum atomic E-state index is -0.457. The van der Waals surface area contributed by atoms with Crippen LogP contribution in [0.3, 0.4) is 0 Å². The van der Waals surface area contributed by atoms with Gasteiger partial charge in [-0.2, -0.15) is 0 Å². The van der Waals surface area contributed by atoms with E-state index in [1.807, 2.05) is 0 Å². The van der Waals surface area contributed by atoms with Crippen LogP contribution < -0.4 is 5.32 Å². The number of carbonyl (C=O) groups is 2. The third-order valence-electron chi connectivity index (χ3n) is 2.12. The van der Waals surface area contributed by atoms with Gasteiger partial charge in [-0.05, 0) is 30.7 Å². The third-order valence-corrected chi connectivity index (χ3v) is 2.36. The van der Waals surface area contributed by atoms with Crippen molar-refractivity contribution in [3.8, 4) is 5.75 Å². The summed E-state index contributed by atoms with van der Waals surface area (Å²) in [6.45, 7) is 2.02. The zero-order chi connectivity index (χ0) is 14.3. The first-order chi connectivity index (χ1) is 9.06. The summed E-state index contributed by atoms with van der Waals surface area (Å²) in [5, 5.41) is 12.1. The van der Waals surface area contributed by atoms with Crippen LogP contribution in [0.2, 0.25) is 0 Å². The zero-order valence-corrected chi connectivity index (χ0v) is 11.1. The average molecular weight is 284 g/mol. The summed E-state index contributed by atoms with van der Waals surface area (Å²) in [7, 11) is 0. The largest absolute Gasteiger partial charge is 0.506 e. The molecule has 0 aliphatic rings. The van der Waals surface area contributed by atoms with Gasteiger partial charge in [-0.3, -0.25) is 4.79 Å². The lowest BCUT2D eigenvalue weighted by Crippen LogP contribution is -2.12. The molecule has 5 nitrogen and oxygen atoms in total. The molecule has 0 heterocycles. The number of alkyl halides is 1. The van der Waals surface area contributed by atoms with Gasteiger partial charge in [-0.1, -0.05) is 6.07 Å².